The summed E-state index contributed by atoms with van der Waals surface area (Å²) in [6.07, 6.45) is 5.36. The summed E-state index contributed by atoms with van der Waals surface area (Å²) in [6, 6.07) is 17.4. The first-order valence-electron chi connectivity index (χ1n) is 8.18. The zero-order valence-corrected chi connectivity index (χ0v) is 13.4. The SMILES string of the molecule is B[C@]1(C)C=Cc2c(c3c(c4ccccc24)-c2ccccc2C3)O1. The molecule has 0 saturated carbocycles. The minimum atomic E-state index is -0.252. The van der Waals surface area contributed by atoms with Crippen LogP contribution in [0.1, 0.15) is 23.6 Å². The van der Waals surface area contributed by atoms with Crippen molar-refractivity contribution in [2.45, 2.75) is 18.8 Å². The number of rotatable bonds is 0. The van der Waals surface area contributed by atoms with Crippen LogP contribution in [0.2, 0.25) is 0 Å². The molecule has 0 bridgehead atoms. The molecule has 0 N–H and O–H groups in total. The number of ether oxygens (including phenoxy) is 1. The second-order valence-corrected chi connectivity index (χ2v) is 7.01. The van der Waals surface area contributed by atoms with E-state index in [1.54, 1.807) is 0 Å². The molecule has 1 aliphatic heterocycles. The lowest BCUT2D eigenvalue weighted by Gasteiger charge is -2.31. The highest BCUT2D eigenvalue weighted by Crippen LogP contribution is 2.50. The quantitative estimate of drug-likeness (QED) is 0.443. The maximum atomic E-state index is 6.41. The van der Waals surface area contributed by atoms with Crippen LogP contribution in [0.25, 0.3) is 28.0 Å². The van der Waals surface area contributed by atoms with Gasteiger partial charge in [0.05, 0.1) is 5.50 Å². The molecular formula is C21H17BO. The summed E-state index contributed by atoms with van der Waals surface area (Å²) >= 11 is 0. The molecular weight excluding hydrogens is 279 g/mol. The fourth-order valence-corrected chi connectivity index (χ4v) is 3.95. The van der Waals surface area contributed by atoms with Gasteiger partial charge in [-0.1, -0.05) is 54.6 Å². The van der Waals surface area contributed by atoms with Gasteiger partial charge in [0.1, 0.15) is 5.75 Å². The molecule has 1 aliphatic carbocycles. The van der Waals surface area contributed by atoms with E-state index in [-0.39, 0.29) is 5.50 Å². The summed E-state index contributed by atoms with van der Waals surface area (Å²) < 4.78 is 6.41. The van der Waals surface area contributed by atoms with Crippen molar-refractivity contribution in [2.24, 2.45) is 0 Å². The third-order valence-corrected chi connectivity index (χ3v) is 4.98. The molecule has 0 unspecified atom stereocenters. The monoisotopic (exact) mass is 296 g/mol. The second-order valence-electron chi connectivity index (χ2n) is 7.01. The third-order valence-electron chi connectivity index (χ3n) is 4.98. The molecule has 1 nitrogen and oxygen atoms in total. The van der Waals surface area contributed by atoms with Crippen molar-refractivity contribution in [3.8, 4) is 16.9 Å². The summed E-state index contributed by atoms with van der Waals surface area (Å²) in [6.45, 7) is 2.12. The van der Waals surface area contributed by atoms with Crippen molar-refractivity contribution >= 4 is 24.7 Å². The van der Waals surface area contributed by atoms with Gasteiger partial charge in [-0.3, -0.25) is 0 Å². The van der Waals surface area contributed by atoms with Gasteiger partial charge in [0, 0.05) is 17.5 Å². The van der Waals surface area contributed by atoms with Gasteiger partial charge in [-0.05, 0) is 40.5 Å². The van der Waals surface area contributed by atoms with Crippen molar-refractivity contribution in [1.29, 1.82) is 0 Å². The van der Waals surface area contributed by atoms with Gasteiger partial charge in [0.15, 0.2) is 7.85 Å². The molecule has 0 aromatic heterocycles. The zero-order chi connectivity index (χ0) is 15.6. The van der Waals surface area contributed by atoms with Crippen molar-refractivity contribution in [2.75, 3.05) is 0 Å². The van der Waals surface area contributed by atoms with E-state index in [0.717, 1.165) is 12.2 Å². The lowest BCUT2D eigenvalue weighted by molar-refractivity contribution is 0.223. The molecule has 1 atom stereocenters. The van der Waals surface area contributed by atoms with Crippen LogP contribution in [0.15, 0.2) is 54.6 Å². The molecule has 5 rings (SSSR count). The van der Waals surface area contributed by atoms with E-state index in [1.807, 2.05) is 0 Å². The normalized spacial score (nSPS) is 20.7. The largest absolute Gasteiger partial charge is 0.492 e. The number of hydrogen-bond acceptors (Lipinski definition) is 1. The second kappa shape index (κ2) is 4.29. The van der Waals surface area contributed by atoms with Gasteiger partial charge in [-0.2, -0.15) is 0 Å². The van der Waals surface area contributed by atoms with Crippen LogP contribution >= 0.6 is 0 Å². The smallest absolute Gasteiger partial charge is 0.163 e. The van der Waals surface area contributed by atoms with Gasteiger partial charge in [0.25, 0.3) is 0 Å². The van der Waals surface area contributed by atoms with Gasteiger partial charge in [0.2, 0.25) is 0 Å². The Labute approximate surface area is 137 Å². The predicted molar refractivity (Wildman–Crippen MR) is 98.8 cm³/mol. The van der Waals surface area contributed by atoms with Gasteiger partial charge in [-0.25, -0.2) is 0 Å². The topological polar surface area (TPSA) is 9.23 Å². The Morgan fingerprint density at radius 3 is 2.61 bits per heavy atom. The van der Waals surface area contributed by atoms with Crippen LogP contribution < -0.4 is 4.74 Å². The van der Waals surface area contributed by atoms with Crippen LogP contribution in [-0.2, 0) is 6.42 Å². The van der Waals surface area contributed by atoms with Crippen LogP contribution in [0.3, 0.4) is 0 Å². The first kappa shape index (κ1) is 13.0. The van der Waals surface area contributed by atoms with E-state index in [0.29, 0.717) is 0 Å². The highest BCUT2D eigenvalue weighted by molar-refractivity contribution is 6.17. The van der Waals surface area contributed by atoms with E-state index in [9.17, 15) is 0 Å². The van der Waals surface area contributed by atoms with E-state index in [2.05, 4.69) is 75.5 Å². The fourth-order valence-electron chi connectivity index (χ4n) is 3.95. The fraction of sp³-hybridized carbons (Fsp3) is 0.143. The molecule has 23 heavy (non-hydrogen) atoms. The first-order chi connectivity index (χ1) is 11.1. The molecule has 0 amide bonds. The highest BCUT2D eigenvalue weighted by Gasteiger charge is 2.31. The van der Waals surface area contributed by atoms with Crippen LogP contribution in [-0.4, -0.2) is 13.3 Å². The lowest BCUT2D eigenvalue weighted by Crippen LogP contribution is -2.32. The van der Waals surface area contributed by atoms with E-state index < -0.39 is 0 Å². The van der Waals surface area contributed by atoms with E-state index in [4.69, 9.17) is 4.74 Å². The molecule has 110 valence electrons. The molecule has 2 heteroatoms. The minimum absolute atomic E-state index is 0.252. The van der Waals surface area contributed by atoms with Crippen molar-refractivity contribution < 1.29 is 4.74 Å². The molecule has 0 spiro atoms. The van der Waals surface area contributed by atoms with Crippen LogP contribution in [0, 0.1) is 0 Å². The van der Waals surface area contributed by atoms with Crippen molar-refractivity contribution in [1.82, 2.24) is 0 Å². The average molecular weight is 296 g/mol. The summed E-state index contributed by atoms with van der Waals surface area (Å²) in [7, 11) is 2.12. The van der Waals surface area contributed by atoms with Crippen LogP contribution in [0.4, 0.5) is 0 Å². The number of benzene rings is 3. The minimum Gasteiger partial charge on any atom is -0.492 e. The Kier molecular flexibility index (Phi) is 2.43. The first-order valence-corrected chi connectivity index (χ1v) is 8.18. The standard InChI is InChI=1S/C21H17BO/c1-21(22)11-10-17-15-8-4-5-9-16(15)19-14-7-3-2-6-13(14)12-18(19)20(17)23-21/h2-11H,12,22H2,1H3/t21-/m0/s1. The molecule has 0 radical (unpaired) electrons. The average Bonchev–Trinajstić information content (AvgIpc) is 2.94. The molecule has 0 fully saturated rings. The number of hydrogen-bond donors (Lipinski definition) is 0. The Balaban J connectivity index is 1.95. The van der Waals surface area contributed by atoms with Crippen molar-refractivity contribution in [3.05, 3.63) is 71.3 Å². The van der Waals surface area contributed by atoms with Gasteiger partial charge >= 0.3 is 0 Å². The Bertz CT molecular complexity index is 998. The Hall–Kier alpha value is -2.48. The third kappa shape index (κ3) is 1.75. The molecule has 0 saturated heterocycles. The van der Waals surface area contributed by atoms with Crippen molar-refractivity contribution in [3.63, 3.8) is 0 Å². The molecule has 2 aliphatic rings. The number of fused-ring (bicyclic) bond motifs is 8. The molecule has 1 heterocycles. The maximum absolute atomic E-state index is 6.41. The van der Waals surface area contributed by atoms with Gasteiger partial charge in [-0.15, -0.1) is 0 Å². The zero-order valence-electron chi connectivity index (χ0n) is 13.4. The summed E-state index contributed by atoms with van der Waals surface area (Å²) in [4.78, 5) is 0. The Morgan fingerprint density at radius 1 is 1.00 bits per heavy atom. The van der Waals surface area contributed by atoms with Crippen LogP contribution in [0.5, 0.6) is 5.75 Å². The van der Waals surface area contributed by atoms with Gasteiger partial charge < -0.3 is 4.74 Å². The lowest BCUT2D eigenvalue weighted by atomic mass is 9.80. The predicted octanol–water partition coefficient (Wildman–Crippen LogP) is 4.17. The summed E-state index contributed by atoms with van der Waals surface area (Å²) in [5.74, 6) is 1.07. The van der Waals surface area contributed by atoms with E-state index in [1.165, 1.54) is 38.6 Å². The van der Waals surface area contributed by atoms with E-state index >= 15 is 0 Å². The summed E-state index contributed by atoms with van der Waals surface area (Å²) in [5, 5.41) is 2.61. The molecule has 3 aromatic rings. The summed E-state index contributed by atoms with van der Waals surface area (Å²) in [5.41, 5.74) is 6.44. The maximum Gasteiger partial charge on any atom is 0.163 e. The Morgan fingerprint density at radius 2 is 1.74 bits per heavy atom. The highest BCUT2D eigenvalue weighted by atomic mass is 16.5. The molecule has 3 aromatic carbocycles.